The Bertz CT molecular complexity index is 512. The Labute approximate surface area is 207 Å². The molecule has 0 aliphatic carbocycles. The summed E-state index contributed by atoms with van der Waals surface area (Å²) < 4.78 is 48.1. The maximum Gasteiger partial charge on any atom is 0.304 e. The summed E-state index contributed by atoms with van der Waals surface area (Å²) in [4.78, 5) is 0. The van der Waals surface area contributed by atoms with E-state index in [1.54, 1.807) is 0 Å². The largest absolute Gasteiger partial charge is 1.00 e. The fourth-order valence-electron chi connectivity index (χ4n) is 3.79. The molecule has 0 amide bonds. The van der Waals surface area contributed by atoms with Crippen molar-refractivity contribution in [2.24, 2.45) is 0 Å². The Hall–Kier alpha value is 0.190. The van der Waals surface area contributed by atoms with Crippen molar-refractivity contribution in [3.63, 3.8) is 0 Å². The number of likely N-dealkylation sites (tertiary alicyclic amines) is 2. The van der Waals surface area contributed by atoms with Crippen LogP contribution in [0.15, 0.2) is 0 Å². The monoisotopic (exact) mass is 524 g/mol. The molecule has 2 aliphatic heterocycles. The molecule has 0 aromatic heterocycles. The third-order valence-corrected chi connectivity index (χ3v) is 6.21. The number of halogens is 1. The summed E-state index contributed by atoms with van der Waals surface area (Å²) in [7, 11) is 3.50. The minimum Gasteiger partial charge on any atom is -1.00 e. The van der Waals surface area contributed by atoms with Crippen LogP contribution < -0.4 is 12.4 Å². The molecule has 0 radical (unpaired) electrons. The molecule has 0 atom stereocenters. The lowest BCUT2D eigenvalue weighted by Gasteiger charge is -2.28. The molecular formula is C21H49ClN2O6S2. The first-order valence-corrected chi connectivity index (χ1v) is 14.2. The van der Waals surface area contributed by atoms with Crippen LogP contribution in [0, 0.1) is 0 Å². The van der Waals surface area contributed by atoms with E-state index in [1.165, 1.54) is 114 Å². The van der Waals surface area contributed by atoms with Gasteiger partial charge in [0.15, 0.2) is 0 Å². The van der Waals surface area contributed by atoms with E-state index in [9.17, 15) is 4.21 Å². The molecule has 0 aromatic rings. The van der Waals surface area contributed by atoms with Crippen LogP contribution >= 0.6 is 0 Å². The normalized spacial score (nSPS) is 18.3. The molecule has 198 valence electrons. The van der Waals surface area contributed by atoms with E-state index >= 15 is 0 Å². The number of unbranched alkanes of at least 4 members (excludes halogenated alkanes) is 2. The van der Waals surface area contributed by atoms with Crippen LogP contribution in [0.4, 0.5) is 0 Å². The van der Waals surface area contributed by atoms with Gasteiger partial charge in [-0.05, 0) is 12.8 Å². The fourth-order valence-corrected chi connectivity index (χ4v) is 3.93. The smallest absolute Gasteiger partial charge is 0.304 e. The molecule has 11 heteroatoms. The number of hydrogen-bond acceptors (Lipinski definition) is 6. The van der Waals surface area contributed by atoms with E-state index < -0.39 is 21.5 Å². The highest BCUT2D eigenvalue weighted by molar-refractivity contribution is 7.84. The lowest BCUT2D eigenvalue weighted by Crippen LogP contribution is -3.00. The Morgan fingerprint density at radius 3 is 1.22 bits per heavy atom. The van der Waals surface area contributed by atoms with Gasteiger partial charge in [0.1, 0.15) is 0 Å². The second kappa shape index (κ2) is 20.6. The molecule has 8 nitrogen and oxygen atoms in total. The van der Waals surface area contributed by atoms with Crippen LogP contribution in [0.3, 0.4) is 0 Å². The first-order valence-electron chi connectivity index (χ1n) is 11.4. The maximum atomic E-state index is 9.85. The molecule has 2 rings (SSSR count). The molecule has 2 fully saturated rings. The summed E-state index contributed by atoms with van der Waals surface area (Å²) in [6.07, 6.45) is 12.0. The molecule has 2 saturated heterocycles. The zero-order valence-electron chi connectivity index (χ0n) is 21.4. The van der Waals surface area contributed by atoms with Crippen LogP contribution in [0.25, 0.3) is 0 Å². The summed E-state index contributed by atoms with van der Waals surface area (Å²) in [5.41, 5.74) is 0. The zero-order valence-corrected chi connectivity index (χ0v) is 23.8. The van der Waals surface area contributed by atoms with Gasteiger partial charge < -0.3 is 25.9 Å². The van der Waals surface area contributed by atoms with Crippen molar-refractivity contribution in [2.75, 3.05) is 73.8 Å². The lowest BCUT2D eigenvalue weighted by atomic mass is 10.3. The average Bonchev–Trinajstić information content (AvgIpc) is 3.33. The minimum atomic E-state index is -3.92. The van der Waals surface area contributed by atoms with Crippen LogP contribution in [0.2, 0.25) is 0 Å². The van der Waals surface area contributed by atoms with E-state index in [1.807, 2.05) is 0 Å². The van der Waals surface area contributed by atoms with Crippen LogP contribution in [0.5, 0.6) is 0 Å². The van der Waals surface area contributed by atoms with E-state index in [0.29, 0.717) is 6.26 Å². The van der Waals surface area contributed by atoms with Crippen molar-refractivity contribution in [2.45, 2.75) is 65.2 Å². The molecule has 32 heavy (non-hydrogen) atoms. The van der Waals surface area contributed by atoms with Crippen molar-refractivity contribution >= 4 is 21.5 Å². The maximum absolute atomic E-state index is 9.85. The van der Waals surface area contributed by atoms with Gasteiger partial charge in [0.2, 0.25) is 0 Å². The Kier molecular flexibility index (Phi) is 23.6. The summed E-state index contributed by atoms with van der Waals surface area (Å²) in [5, 5.41) is 0. The van der Waals surface area contributed by atoms with Gasteiger partial charge >= 0.3 is 11.4 Å². The minimum absolute atomic E-state index is 0. The highest BCUT2D eigenvalue weighted by atomic mass is 35.5. The van der Waals surface area contributed by atoms with Gasteiger partial charge in [0.05, 0.1) is 77.7 Å². The first-order chi connectivity index (χ1) is 14.3. The molecule has 0 bridgehead atoms. The molecule has 0 N–H and O–H groups in total. The van der Waals surface area contributed by atoms with Gasteiger partial charge in [-0.25, -0.2) is 8.42 Å². The van der Waals surface area contributed by atoms with E-state index in [4.69, 9.17) is 13.0 Å². The van der Waals surface area contributed by atoms with Gasteiger partial charge in [-0.2, -0.15) is 4.21 Å². The highest BCUT2D eigenvalue weighted by Crippen LogP contribution is 2.17. The number of rotatable bonds is 8. The second-order valence-corrected chi connectivity index (χ2v) is 11.4. The topological polar surface area (TPSA) is 92.7 Å². The molecular weight excluding hydrogens is 476 g/mol. The van der Waals surface area contributed by atoms with E-state index in [-0.39, 0.29) is 12.4 Å². The molecule has 2 heterocycles. The first kappa shape index (κ1) is 36.8. The summed E-state index contributed by atoms with van der Waals surface area (Å²) in [6, 6.07) is 0. The van der Waals surface area contributed by atoms with E-state index in [2.05, 4.69) is 36.3 Å². The molecule has 2 aliphatic rings. The van der Waals surface area contributed by atoms with E-state index in [0.717, 1.165) is 0 Å². The zero-order chi connectivity index (χ0) is 24.4. The number of hydrogen-bond donors (Lipinski definition) is 0. The van der Waals surface area contributed by atoms with Gasteiger partial charge in [-0.1, -0.05) is 26.7 Å². The van der Waals surface area contributed by atoms with Crippen molar-refractivity contribution in [3.05, 3.63) is 0 Å². The molecule has 0 saturated carbocycles. The average molecular weight is 525 g/mol. The summed E-state index contributed by atoms with van der Waals surface area (Å²) in [6.45, 7) is 13.1. The van der Waals surface area contributed by atoms with Crippen molar-refractivity contribution in [1.82, 2.24) is 0 Å². The standard InChI is InChI=1S/2C9H20N.C2H6O3S.CH4O3S.ClH/c2*1-3-4-7-10(2)8-5-6-9-10;1-4-6(3)5-2;1-5(2,3)4;/h2*3-9H2,1-2H3;1-2H3;1H3,(H,2,3,4);1H/q2*+1;;;/p-2. The Balaban J connectivity index is -0.000000362. The van der Waals surface area contributed by atoms with Crippen LogP contribution in [0.1, 0.15) is 65.2 Å². The van der Waals surface area contributed by atoms with Gasteiger partial charge in [0, 0.05) is 31.9 Å². The summed E-state index contributed by atoms with van der Waals surface area (Å²) in [5.74, 6) is 0. The molecule has 0 spiro atoms. The predicted molar refractivity (Wildman–Crippen MR) is 128 cm³/mol. The molecule has 0 unspecified atom stereocenters. The van der Waals surface area contributed by atoms with Gasteiger partial charge in [-0.3, -0.25) is 8.37 Å². The predicted octanol–water partition coefficient (Wildman–Crippen LogP) is 0.0771. The SMILES string of the molecule is CCCC[N+]1(C)CCCC1.CCCC[N+]1(C)CCCC1.COS(=O)OC.CS(=O)(=O)[O-].[Cl-]. The van der Waals surface area contributed by atoms with Crippen LogP contribution in [-0.2, 0) is 29.8 Å². The molecule has 0 aromatic carbocycles. The summed E-state index contributed by atoms with van der Waals surface area (Å²) >= 11 is -1.53. The second-order valence-electron chi connectivity index (χ2n) is 8.94. The lowest BCUT2D eigenvalue weighted by molar-refractivity contribution is -0.897. The van der Waals surface area contributed by atoms with Gasteiger partial charge in [0.25, 0.3) is 0 Å². The third-order valence-electron chi connectivity index (χ3n) is 5.67. The van der Waals surface area contributed by atoms with Crippen molar-refractivity contribution < 1.29 is 46.9 Å². The fraction of sp³-hybridized carbons (Fsp3) is 1.00. The van der Waals surface area contributed by atoms with Gasteiger partial charge in [-0.15, -0.1) is 0 Å². The quantitative estimate of drug-likeness (QED) is 0.330. The third kappa shape index (κ3) is 24.8. The Morgan fingerprint density at radius 2 is 1.06 bits per heavy atom. The highest BCUT2D eigenvalue weighted by Gasteiger charge is 2.26. The van der Waals surface area contributed by atoms with Crippen molar-refractivity contribution in [1.29, 1.82) is 0 Å². The van der Waals surface area contributed by atoms with Crippen molar-refractivity contribution in [3.8, 4) is 0 Å². The van der Waals surface area contributed by atoms with Crippen LogP contribution in [-0.4, -0.2) is 100.0 Å². The number of quaternary nitrogens is 2. The Morgan fingerprint density at radius 1 is 0.812 bits per heavy atom. The number of nitrogens with zero attached hydrogens (tertiary/aromatic N) is 2.